The van der Waals surface area contributed by atoms with Gasteiger partial charge in [0.2, 0.25) is 5.76 Å². The van der Waals surface area contributed by atoms with Crippen molar-refractivity contribution in [3.63, 3.8) is 0 Å². The Morgan fingerprint density at radius 1 is 1.27 bits per heavy atom. The van der Waals surface area contributed by atoms with E-state index in [0.29, 0.717) is 11.5 Å². The molecule has 0 atom stereocenters. The number of methoxy groups -OCH3 is 1. The van der Waals surface area contributed by atoms with E-state index >= 15 is 0 Å². The zero-order valence-electron chi connectivity index (χ0n) is 12.4. The van der Waals surface area contributed by atoms with Crippen LogP contribution in [0.25, 0.3) is 0 Å². The second-order valence-corrected chi connectivity index (χ2v) is 4.92. The van der Waals surface area contributed by atoms with Crippen molar-refractivity contribution >= 4 is 11.8 Å². The molecule has 1 aromatic carbocycles. The summed E-state index contributed by atoms with van der Waals surface area (Å²) in [5.41, 5.74) is -0.189. The van der Waals surface area contributed by atoms with Crippen LogP contribution in [-0.4, -0.2) is 41.8 Å². The quantitative estimate of drug-likeness (QED) is 0.647. The van der Waals surface area contributed by atoms with Crippen LogP contribution < -0.4 is 14.2 Å². The highest BCUT2D eigenvalue weighted by molar-refractivity contribution is 6.14. The highest BCUT2D eigenvalue weighted by atomic mass is 16.5. The summed E-state index contributed by atoms with van der Waals surface area (Å²) in [6.45, 7) is 3.31. The maximum Gasteiger partial charge on any atom is 0.371 e. The fourth-order valence-corrected chi connectivity index (χ4v) is 2.03. The molecule has 0 amide bonds. The standard InChI is InChI=1S/C15H16O7/c1-7(2)22-12-4-8-10(5-11(12)20-3)21-6-9(13(8)16)14(17)15(18)19/h4-5,7,17H,6H2,1-3H3,(H,18,19). The Hall–Kier alpha value is -2.70. The van der Waals surface area contributed by atoms with Crippen LogP contribution in [0.5, 0.6) is 17.2 Å². The SMILES string of the molecule is COc1cc2c(cc1OC(C)C)C(=O)C(=C(O)C(=O)O)CO2. The average molecular weight is 308 g/mol. The minimum atomic E-state index is -1.58. The Kier molecular flexibility index (Phi) is 4.25. The zero-order valence-corrected chi connectivity index (χ0v) is 12.4. The summed E-state index contributed by atoms with van der Waals surface area (Å²) < 4.78 is 16.1. The summed E-state index contributed by atoms with van der Waals surface area (Å²) in [4.78, 5) is 23.2. The lowest BCUT2D eigenvalue weighted by atomic mass is 9.98. The van der Waals surface area contributed by atoms with Crippen molar-refractivity contribution in [2.75, 3.05) is 13.7 Å². The number of carbonyl (C=O) groups excluding carboxylic acids is 1. The number of carboxylic acids is 1. The van der Waals surface area contributed by atoms with Crippen molar-refractivity contribution in [2.24, 2.45) is 0 Å². The topological polar surface area (TPSA) is 102 Å². The van der Waals surface area contributed by atoms with E-state index in [4.69, 9.17) is 19.3 Å². The Bertz CT molecular complexity index is 658. The minimum Gasteiger partial charge on any atom is -0.501 e. The van der Waals surface area contributed by atoms with Crippen LogP contribution in [0.2, 0.25) is 0 Å². The second kappa shape index (κ2) is 5.97. The molecule has 0 saturated heterocycles. The molecule has 1 aliphatic rings. The van der Waals surface area contributed by atoms with E-state index in [-0.39, 0.29) is 29.6 Å². The van der Waals surface area contributed by atoms with E-state index in [1.807, 2.05) is 13.8 Å². The first-order chi connectivity index (χ1) is 10.3. The first-order valence-electron chi connectivity index (χ1n) is 6.56. The molecule has 0 unspecified atom stereocenters. The number of hydrogen-bond acceptors (Lipinski definition) is 6. The van der Waals surface area contributed by atoms with Crippen molar-refractivity contribution < 1.29 is 34.0 Å². The van der Waals surface area contributed by atoms with E-state index in [0.717, 1.165) is 0 Å². The van der Waals surface area contributed by atoms with Crippen molar-refractivity contribution in [3.8, 4) is 17.2 Å². The van der Waals surface area contributed by atoms with Gasteiger partial charge in [-0.1, -0.05) is 0 Å². The molecular formula is C15H16O7. The number of aliphatic hydroxyl groups excluding tert-OH is 1. The van der Waals surface area contributed by atoms with Gasteiger partial charge in [-0.2, -0.15) is 0 Å². The molecule has 7 nitrogen and oxygen atoms in total. The highest BCUT2D eigenvalue weighted by Gasteiger charge is 2.30. The third-order valence-electron chi connectivity index (χ3n) is 3.01. The second-order valence-electron chi connectivity index (χ2n) is 4.92. The monoisotopic (exact) mass is 308 g/mol. The lowest BCUT2D eigenvalue weighted by Crippen LogP contribution is -2.23. The van der Waals surface area contributed by atoms with E-state index in [9.17, 15) is 14.7 Å². The number of ketones is 1. The van der Waals surface area contributed by atoms with Crippen molar-refractivity contribution in [1.29, 1.82) is 0 Å². The molecule has 1 heterocycles. The summed E-state index contributed by atoms with van der Waals surface area (Å²) in [6.07, 6.45) is -0.144. The van der Waals surface area contributed by atoms with Gasteiger partial charge in [-0.3, -0.25) is 4.79 Å². The van der Waals surface area contributed by atoms with Gasteiger partial charge in [0, 0.05) is 6.07 Å². The number of rotatable bonds is 4. The Morgan fingerprint density at radius 3 is 2.50 bits per heavy atom. The maximum atomic E-state index is 12.3. The number of ether oxygens (including phenoxy) is 3. The number of aliphatic carboxylic acids is 1. The van der Waals surface area contributed by atoms with Gasteiger partial charge in [0.25, 0.3) is 0 Å². The molecule has 0 aliphatic carbocycles. The molecule has 2 rings (SSSR count). The fourth-order valence-electron chi connectivity index (χ4n) is 2.03. The lowest BCUT2D eigenvalue weighted by Gasteiger charge is -2.22. The van der Waals surface area contributed by atoms with Crippen LogP contribution >= 0.6 is 0 Å². The number of fused-ring (bicyclic) bond motifs is 1. The van der Waals surface area contributed by atoms with Crippen LogP contribution in [0.4, 0.5) is 0 Å². The third kappa shape index (κ3) is 2.83. The molecule has 0 aromatic heterocycles. The predicted octanol–water partition coefficient (Wildman–Crippen LogP) is 1.95. The molecule has 0 fully saturated rings. The third-order valence-corrected chi connectivity index (χ3v) is 3.01. The minimum absolute atomic E-state index is 0.116. The Morgan fingerprint density at radius 2 is 1.95 bits per heavy atom. The van der Waals surface area contributed by atoms with Crippen LogP contribution in [0.15, 0.2) is 23.5 Å². The van der Waals surface area contributed by atoms with Crippen LogP contribution in [0.1, 0.15) is 24.2 Å². The number of carboxylic acid groups (broad SMARTS) is 1. The van der Waals surface area contributed by atoms with E-state index < -0.39 is 17.5 Å². The van der Waals surface area contributed by atoms with E-state index in [2.05, 4.69) is 0 Å². The molecular weight excluding hydrogens is 292 g/mol. The highest BCUT2D eigenvalue weighted by Crippen LogP contribution is 2.38. The largest absolute Gasteiger partial charge is 0.501 e. The molecule has 0 radical (unpaired) electrons. The fraction of sp³-hybridized carbons (Fsp3) is 0.333. The van der Waals surface area contributed by atoms with E-state index in [1.165, 1.54) is 19.2 Å². The van der Waals surface area contributed by atoms with Crippen LogP contribution in [0, 0.1) is 0 Å². The molecule has 1 aromatic rings. The summed E-state index contributed by atoms with van der Waals surface area (Å²) >= 11 is 0. The Labute approximate surface area is 126 Å². The van der Waals surface area contributed by atoms with Crippen molar-refractivity contribution in [3.05, 3.63) is 29.0 Å². The molecule has 118 valence electrons. The van der Waals surface area contributed by atoms with Gasteiger partial charge in [-0.25, -0.2) is 4.79 Å². The molecule has 0 saturated carbocycles. The molecule has 7 heteroatoms. The smallest absolute Gasteiger partial charge is 0.371 e. The van der Waals surface area contributed by atoms with Gasteiger partial charge in [-0.15, -0.1) is 0 Å². The summed E-state index contributed by atoms with van der Waals surface area (Å²) in [7, 11) is 1.46. The lowest BCUT2D eigenvalue weighted by molar-refractivity contribution is -0.135. The molecule has 1 aliphatic heterocycles. The first kappa shape index (κ1) is 15.7. The molecule has 0 bridgehead atoms. The normalized spacial score (nSPS) is 15.9. The first-order valence-corrected chi connectivity index (χ1v) is 6.56. The van der Waals surface area contributed by atoms with Crippen LogP contribution in [0.3, 0.4) is 0 Å². The van der Waals surface area contributed by atoms with Gasteiger partial charge in [0.05, 0.1) is 24.4 Å². The molecule has 2 N–H and O–H groups in total. The van der Waals surface area contributed by atoms with Gasteiger partial charge in [0.1, 0.15) is 12.4 Å². The average Bonchev–Trinajstić information content (AvgIpc) is 2.46. The summed E-state index contributed by atoms with van der Waals surface area (Å²) in [5.74, 6) is -2.22. The van der Waals surface area contributed by atoms with E-state index in [1.54, 1.807) is 0 Å². The van der Waals surface area contributed by atoms with Gasteiger partial charge < -0.3 is 24.4 Å². The maximum absolute atomic E-state index is 12.3. The number of aliphatic hydroxyl groups is 1. The summed E-state index contributed by atoms with van der Waals surface area (Å²) in [5, 5.41) is 18.3. The Balaban J connectivity index is 2.52. The molecule has 0 spiro atoms. The van der Waals surface area contributed by atoms with Gasteiger partial charge in [0.15, 0.2) is 17.3 Å². The number of Topliss-reactive ketones (excluding diaryl/α,β-unsaturated/α-hetero) is 1. The summed E-state index contributed by atoms with van der Waals surface area (Å²) in [6, 6.07) is 2.92. The van der Waals surface area contributed by atoms with Gasteiger partial charge in [-0.05, 0) is 19.9 Å². The number of hydrogen-bond donors (Lipinski definition) is 2. The zero-order chi connectivity index (χ0) is 16.4. The number of carbonyl (C=O) groups is 2. The molecule has 22 heavy (non-hydrogen) atoms. The van der Waals surface area contributed by atoms with Crippen molar-refractivity contribution in [1.82, 2.24) is 0 Å². The predicted molar refractivity (Wildman–Crippen MR) is 75.9 cm³/mol. The van der Waals surface area contributed by atoms with Crippen molar-refractivity contribution in [2.45, 2.75) is 20.0 Å². The number of benzene rings is 1. The van der Waals surface area contributed by atoms with Gasteiger partial charge >= 0.3 is 5.97 Å². The van der Waals surface area contributed by atoms with Crippen LogP contribution in [-0.2, 0) is 4.79 Å².